The van der Waals surface area contributed by atoms with E-state index < -0.39 is 9.84 Å². The molecule has 3 aromatic carbocycles. The molecule has 0 fully saturated rings. The summed E-state index contributed by atoms with van der Waals surface area (Å²) in [6.07, 6.45) is 0. The summed E-state index contributed by atoms with van der Waals surface area (Å²) in [6.45, 7) is 0. The summed E-state index contributed by atoms with van der Waals surface area (Å²) in [4.78, 5) is 4.47. The lowest BCUT2D eigenvalue weighted by atomic mass is 10.2. The fourth-order valence-corrected chi connectivity index (χ4v) is 4.07. The number of aromatic nitrogens is 1. The van der Waals surface area contributed by atoms with Gasteiger partial charge in [0.05, 0.1) is 12.0 Å². The molecule has 0 saturated heterocycles. The summed E-state index contributed by atoms with van der Waals surface area (Å²) in [7, 11) is -2.31. The molecule has 6 nitrogen and oxygen atoms in total. The van der Waals surface area contributed by atoms with Gasteiger partial charge in [-0.25, -0.2) is 8.42 Å². The second-order valence-electron chi connectivity index (χ2n) is 6.19. The Balaban J connectivity index is 1.82. The topological polar surface area (TPSA) is 81.4 Å². The van der Waals surface area contributed by atoms with E-state index in [2.05, 4.69) is 10.3 Å². The summed E-state index contributed by atoms with van der Waals surface area (Å²) in [5, 5.41) is 2.86. The van der Waals surface area contributed by atoms with Crippen LogP contribution in [0.25, 0.3) is 11.5 Å². The fourth-order valence-electron chi connectivity index (χ4n) is 2.79. The molecule has 0 aliphatic heterocycles. The molecule has 0 spiro atoms. The second-order valence-corrected chi connectivity index (χ2v) is 8.05. The Morgan fingerprint density at radius 3 is 2.10 bits per heavy atom. The number of oxazole rings is 1. The van der Waals surface area contributed by atoms with Crippen molar-refractivity contribution in [1.82, 2.24) is 4.98 Å². The molecule has 0 bridgehead atoms. The zero-order valence-corrected chi connectivity index (χ0v) is 16.4. The molecular formula is C22H18N2O4S. The van der Waals surface area contributed by atoms with Crippen molar-refractivity contribution in [2.24, 2.45) is 0 Å². The van der Waals surface area contributed by atoms with E-state index in [9.17, 15) is 8.42 Å². The molecule has 0 unspecified atom stereocenters. The average molecular weight is 406 g/mol. The van der Waals surface area contributed by atoms with E-state index in [-0.39, 0.29) is 21.7 Å². The first kappa shape index (κ1) is 18.8. The van der Waals surface area contributed by atoms with Gasteiger partial charge in [-0.3, -0.25) is 0 Å². The first-order chi connectivity index (χ1) is 14.1. The number of nitrogens with zero attached hydrogens (tertiary/aromatic N) is 1. The average Bonchev–Trinajstić information content (AvgIpc) is 3.20. The number of hydrogen-bond acceptors (Lipinski definition) is 6. The van der Waals surface area contributed by atoms with Crippen molar-refractivity contribution in [3.63, 3.8) is 0 Å². The molecule has 1 N–H and O–H groups in total. The Hall–Kier alpha value is -3.58. The minimum Gasteiger partial charge on any atom is -0.497 e. The van der Waals surface area contributed by atoms with E-state index in [1.165, 1.54) is 12.1 Å². The van der Waals surface area contributed by atoms with E-state index in [1.807, 2.05) is 30.3 Å². The summed E-state index contributed by atoms with van der Waals surface area (Å²) < 4.78 is 37.4. The summed E-state index contributed by atoms with van der Waals surface area (Å²) in [5.74, 6) is 0.937. The third-order valence-electron chi connectivity index (χ3n) is 4.27. The Morgan fingerprint density at radius 2 is 1.48 bits per heavy atom. The van der Waals surface area contributed by atoms with Gasteiger partial charge in [0.2, 0.25) is 26.6 Å². The van der Waals surface area contributed by atoms with Gasteiger partial charge in [0, 0.05) is 11.3 Å². The molecule has 0 radical (unpaired) electrons. The minimum absolute atomic E-state index is 0.0610. The van der Waals surface area contributed by atoms with Gasteiger partial charge in [-0.2, -0.15) is 4.98 Å². The predicted octanol–water partition coefficient (Wildman–Crippen LogP) is 4.93. The van der Waals surface area contributed by atoms with Crippen LogP contribution in [0.15, 0.2) is 99.3 Å². The summed E-state index contributed by atoms with van der Waals surface area (Å²) >= 11 is 0. The van der Waals surface area contributed by atoms with Crippen LogP contribution in [-0.4, -0.2) is 20.5 Å². The van der Waals surface area contributed by atoms with Gasteiger partial charge in [-0.1, -0.05) is 36.4 Å². The standard InChI is InChI=1S/C22H18N2O4S/c1-27-18-14-12-16(13-15-18)20-24-22(29(25,26)19-10-6-3-7-11-19)21(28-20)23-17-8-4-2-5-9-17/h2-15,23H,1H3. The molecular weight excluding hydrogens is 388 g/mol. The highest BCUT2D eigenvalue weighted by Gasteiger charge is 2.28. The predicted molar refractivity (Wildman–Crippen MR) is 110 cm³/mol. The van der Waals surface area contributed by atoms with Crippen LogP contribution in [0.2, 0.25) is 0 Å². The van der Waals surface area contributed by atoms with Gasteiger partial charge in [0.1, 0.15) is 5.75 Å². The van der Waals surface area contributed by atoms with Gasteiger partial charge in [-0.15, -0.1) is 0 Å². The molecule has 29 heavy (non-hydrogen) atoms. The van der Waals surface area contributed by atoms with E-state index in [0.29, 0.717) is 17.0 Å². The number of ether oxygens (including phenoxy) is 1. The number of benzene rings is 3. The number of para-hydroxylation sites is 1. The van der Waals surface area contributed by atoms with Crippen molar-refractivity contribution in [2.45, 2.75) is 9.92 Å². The lowest BCUT2D eigenvalue weighted by Crippen LogP contribution is -2.05. The van der Waals surface area contributed by atoms with E-state index in [4.69, 9.17) is 9.15 Å². The molecule has 4 aromatic rings. The largest absolute Gasteiger partial charge is 0.497 e. The Bertz CT molecular complexity index is 1200. The third kappa shape index (κ3) is 3.86. The van der Waals surface area contributed by atoms with E-state index >= 15 is 0 Å². The monoisotopic (exact) mass is 406 g/mol. The number of nitrogens with one attached hydrogen (secondary N) is 1. The minimum atomic E-state index is -3.88. The molecule has 1 heterocycles. The maximum Gasteiger partial charge on any atom is 0.238 e. The van der Waals surface area contributed by atoms with Crippen LogP contribution in [0.1, 0.15) is 0 Å². The highest BCUT2D eigenvalue weighted by molar-refractivity contribution is 7.91. The first-order valence-corrected chi connectivity index (χ1v) is 10.3. The Kier molecular flexibility index (Phi) is 5.05. The van der Waals surface area contributed by atoms with Gasteiger partial charge < -0.3 is 14.5 Å². The number of sulfone groups is 1. The van der Waals surface area contributed by atoms with Crippen LogP contribution in [0.5, 0.6) is 5.75 Å². The van der Waals surface area contributed by atoms with Gasteiger partial charge in [0.25, 0.3) is 0 Å². The molecule has 0 aliphatic rings. The summed E-state index contributed by atoms with van der Waals surface area (Å²) in [6, 6.07) is 24.4. The van der Waals surface area contributed by atoms with Gasteiger partial charge in [0.15, 0.2) is 0 Å². The summed E-state index contributed by atoms with van der Waals surface area (Å²) in [5.41, 5.74) is 1.32. The first-order valence-electron chi connectivity index (χ1n) is 8.85. The lowest BCUT2D eigenvalue weighted by Gasteiger charge is -2.05. The maximum atomic E-state index is 13.2. The second kappa shape index (κ2) is 7.81. The van der Waals surface area contributed by atoms with Gasteiger partial charge >= 0.3 is 0 Å². The van der Waals surface area contributed by atoms with Crippen molar-refractivity contribution in [3.8, 4) is 17.2 Å². The van der Waals surface area contributed by atoms with Crippen LogP contribution in [-0.2, 0) is 9.84 Å². The molecule has 1 aromatic heterocycles. The van der Waals surface area contributed by atoms with Gasteiger partial charge in [-0.05, 0) is 48.5 Å². The van der Waals surface area contributed by atoms with Crippen LogP contribution < -0.4 is 10.1 Å². The smallest absolute Gasteiger partial charge is 0.238 e. The van der Waals surface area contributed by atoms with Crippen molar-refractivity contribution in [2.75, 3.05) is 12.4 Å². The molecule has 0 aliphatic carbocycles. The van der Waals surface area contributed by atoms with Crippen molar-refractivity contribution in [3.05, 3.63) is 84.9 Å². The van der Waals surface area contributed by atoms with Crippen LogP contribution in [0.4, 0.5) is 11.6 Å². The van der Waals surface area contributed by atoms with Crippen molar-refractivity contribution in [1.29, 1.82) is 0 Å². The zero-order chi connectivity index (χ0) is 20.3. The SMILES string of the molecule is COc1ccc(-c2nc(S(=O)(=O)c3ccccc3)c(Nc3ccccc3)o2)cc1. The molecule has 7 heteroatoms. The van der Waals surface area contributed by atoms with E-state index in [1.54, 1.807) is 49.6 Å². The zero-order valence-electron chi connectivity index (χ0n) is 15.6. The quantitative estimate of drug-likeness (QED) is 0.489. The highest BCUT2D eigenvalue weighted by Crippen LogP contribution is 2.34. The number of hydrogen-bond donors (Lipinski definition) is 1. The van der Waals surface area contributed by atoms with Crippen LogP contribution in [0, 0.1) is 0 Å². The fraction of sp³-hybridized carbons (Fsp3) is 0.0455. The van der Waals surface area contributed by atoms with Crippen LogP contribution >= 0.6 is 0 Å². The van der Waals surface area contributed by atoms with E-state index in [0.717, 1.165) is 0 Å². The Morgan fingerprint density at radius 1 is 0.862 bits per heavy atom. The third-order valence-corrected chi connectivity index (χ3v) is 5.95. The van der Waals surface area contributed by atoms with Crippen molar-refractivity contribution < 1.29 is 17.6 Å². The molecule has 0 amide bonds. The number of methoxy groups -OCH3 is 1. The number of rotatable bonds is 6. The highest BCUT2D eigenvalue weighted by atomic mass is 32.2. The van der Waals surface area contributed by atoms with Crippen LogP contribution in [0.3, 0.4) is 0 Å². The molecule has 0 atom stereocenters. The molecule has 0 saturated carbocycles. The molecule has 146 valence electrons. The van der Waals surface area contributed by atoms with Crippen molar-refractivity contribution >= 4 is 21.4 Å². The maximum absolute atomic E-state index is 13.2. The lowest BCUT2D eigenvalue weighted by molar-refractivity contribution is 0.415. The molecule has 4 rings (SSSR count). The normalized spacial score (nSPS) is 11.2. The number of anilines is 2. The Labute approximate surface area is 168 Å².